The van der Waals surface area contributed by atoms with E-state index in [0.29, 0.717) is 5.49 Å². The maximum atomic E-state index is 5.15. The molecule has 5 nitrogen and oxygen atoms in total. The van der Waals surface area contributed by atoms with Gasteiger partial charge in [-0.2, -0.15) is 10.2 Å². The fraction of sp³-hybridized carbons (Fsp3) is 0. The van der Waals surface area contributed by atoms with Crippen LogP contribution in [0.25, 0.3) is 10.8 Å². The van der Waals surface area contributed by atoms with Gasteiger partial charge in [-0.25, -0.2) is 0 Å². The van der Waals surface area contributed by atoms with Gasteiger partial charge in [0.05, 0.1) is 6.20 Å². The molecule has 0 aromatic carbocycles. The minimum atomic E-state index is 0.565. The highest BCUT2D eigenvalue weighted by molar-refractivity contribution is 5.78. The van der Waals surface area contributed by atoms with Gasteiger partial charge in [-0.3, -0.25) is 10.1 Å². The van der Waals surface area contributed by atoms with E-state index in [2.05, 4.69) is 20.3 Å². The largest absolute Gasteiger partial charge is 0.321 e. The lowest BCUT2D eigenvalue weighted by Crippen LogP contribution is -2.12. The van der Waals surface area contributed by atoms with Crippen LogP contribution in [0.1, 0.15) is 0 Å². The molecule has 0 saturated carbocycles. The highest BCUT2D eigenvalue weighted by Crippen LogP contribution is 2.02. The monoisotopic (exact) mass is 161 g/mol. The van der Waals surface area contributed by atoms with Crippen LogP contribution in [-0.2, 0) is 0 Å². The Morgan fingerprint density at radius 2 is 2.33 bits per heavy atom. The molecule has 3 N–H and O–H groups in total. The summed E-state index contributed by atoms with van der Waals surface area (Å²) in [5.74, 6) is 5.15. The third kappa shape index (κ3) is 0.914. The van der Waals surface area contributed by atoms with Gasteiger partial charge in [0.2, 0.25) is 0 Å². The lowest BCUT2D eigenvalue weighted by molar-refractivity contribution is 0.945. The molecule has 2 heterocycles. The summed E-state index contributed by atoms with van der Waals surface area (Å²) in [6.07, 6.45) is 5.08. The molecule has 0 aliphatic carbocycles. The fourth-order valence-corrected chi connectivity index (χ4v) is 1.05. The summed E-state index contributed by atoms with van der Waals surface area (Å²) in [5, 5.41) is 11.9. The first kappa shape index (κ1) is 6.78. The summed E-state index contributed by atoms with van der Waals surface area (Å²) < 4.78 is 0. The lowest BCUT2D eigenvalue weighted by atomic mass is 10.2. The van der Waals surface area contributed by atoms with Crippen molar-refractivity contribution >= 4 is 10.8 Å². The van der Waals surface area contributed by atoms with Crippen LogP contribution in [0, 0.1) is 0 Å². The van der Waals surface area contributed by atoms with Crippen molar-refractivity contribution in [2.45, 2.75) is 0 Å². The molecule has 0 aliphatic heterocycles. The predicted molar refractivity (Wildman–Crippen MR) is 43.6 cm³/mol. The van der Waals surface area contributed by atoms with Crippen molar-refractivity contribution in [1.82, 2.24) is 15.2 Å². The average Bonchev–Trinajstić information content (AvgIpc) is 2.17. The Balaban J connectivity index is 2.99. The van der Waals surface area contributed by atoms with E-state index >= 15 is 0 Å². The molecule has 0 saturated heterocycles. The smallest absolute Gasteiger partial charge is 0.173 e. The van der Waals surface area contributed by atoms with Gasteiger partial charge in [-0.05, 0) is 6.07 Å². The summed E-state index contributed by atoms with van der Waals surface area (Å²) >= 11 is 0. The molecule has 0 radical (unpaired) electrons. The number of hydrogen-bond acceptors (Lipinski definition) is 4. The Hall–Kier alpha value is -1.91. The van der Waals surface area contributed by atoms with Gasteiger partial charge >= 0.3 is 0 Å². The third-order valence-corrected chi connectivity index (χ3v) is 1.61. The zero-order valence-electron chi connectivity index (χ0n) is 6.23. The van der Waals surface area contributed by atoms with Gasteiger partial charge in [-0.1, -0.05) is 0 Å². The summed E-state index contributed by atoms with van der Waals surface area (Å²) in [6.45, 7) is 0. The van der Waals surface area contributed by atoms with E-state index in [4.69, 9.17) is 5.84 Å². The second kappa shape index (κ2) is 2.61. The maximum absolute atomic E-state index is 5.15. The molecule has 0 unspecified atom stereocenters. The predicted octanol–water partition coefficient (Wildman–Crippen LogP) is -0.268. The van der Waals surface area contributed by atoms with E-state index in [1.807, 2.05) is 6.07 Å². The molecule has 5 heteroatoms. The summed E-state index contributed by atoms with van der Waals surface area (Å²) in [6, 6.07) is 1.83. The van der Waals surface area contributed by atoms with Crippen molar-refractivity contribution in [3.63, 3.8) is 0 Å². The van der Waals surface area contributed by atoms with Crippen LogP contribution in [0.2, 0.25) is 0 Å². The minimum absolute atomic E-state index is 0.565. The van der Waals surface area contributed by atoms with Crippen LogP contribution < -0.4 is 11.3 Å². The van der Waals surface area contributed by atoms with Crippen molar-refractivity contribution in [2.24, 2.45) is 10.9 Å². The van der Waals surface area contributed by atoms with Crippen LogP contribution >= 0.6 is 0 Å². The van der Waals surface area contributed by atoms with E-state index in [9.17, 15) is 0 Å². The van der Waals surface area contributed by atoms with E-state index in [1.165, 1.54) is 0 Å². The van der Waals surface area contributed by atoms with Gasteiger partial charge in [-0.15, -0.1) is 0 Å². The Labute approximate surface area is 67.9 Å². The molecular formula is C7H7N5. The third-order valence-electron chi connectivity index (χ3n) is 1.61. The van der Waals surface area contributed by atoms with Gasteiger partial charge in [0.1, 0.15) is 0 Å². The molecule has 0 bridgehead atoms. The fourth-order valence-electron chi connectivity index (χ4n) is 1.05. The Bertz CT molecular complexity index is 453. The van der Waals surface area contributed by atoms with Crippen LogP contribution in [-0.4, -0.2) is 15.2 Å². The highest BCUT2D eigenvalue weighted by Gasteiger charge is 1.93. The van der Waals surface area contributed by atoms with Crippen molar-refractivity contribution in [3.8, 4) is 0 Å². The zero-order chi connectivity index (χ0) is 8.39. The van der Waals surface area contributed by atoms with Crippen LogP contribution in [0.15, 0.2) is 29.8 Å². The number of aromatic amines is 1. The summed E-state index contributed by atoms with van der Waals surface area (Å²) in [5.41, 5.74) is 0.565. The van der Waals surface area contributed by atoms with Gasteiger partial charge in [0, 0.05) is 23.2 Å². The quantitative estimate of drug-likeness (QED) is 0.412. The maximum Gasteiger partial charge on any atom is 0.173 e. The van der Waals surface area contributed by atoms with Gasteiger partial charge in [0.15, 0.2) is 5.49 Å². The summed E-state index contributed by atoms with van der Waals surface area (Å²) in [4.78, 5) is 3.95. The second-order valence-corrected chi connectivity index (χ2v) is 2.31. The number of aromatic nitrogens is 3. The SMILES string of the molecule is N/N=c1\[nH]ncc2cnccc12. The molecule has 0 aliphatic rings. The number of nitrogens with zero attached hydrogens (tertiary/aromatic N) is 3. The van der Waals surface area contributed by atoms with Crippen LogP contribution in [0.3, 0.4) is 0 Å². The number of hydrogen-bond donors (Lipinski definition) is 2. The first-order valence-corrected chi connectivity index (χ1v) is 3.43. The molecule has 2 aromatic rings. The Morgan fingerprint density at radius 3 is 3.17 bits per heavy atom. The number of rotatable bonds is 0. The van der Waals surface area contributed by atoms with E-state index in [-0.39, 0.29) is 0 Å². The Morgan fingerprint density at radius 1 is 1.42 bits per heavy atom. The number of pyridine rings is 1. The van der Waals surface area contributed by atoms with E-state index < -0.39 is 0 Å². The number of H-pyrrole nitrogens is 1. The molecule has 0 spiro atoms. The Kier molecular flexibility index (Phi) is 1.48. The number of fused-ring (bicyclic) bond motifs is 1. The van der Waals surface area contributed by atoms with Crippen molar-refractivity contribution in [3.05, 3.63) is 30.1 Å². The molecule has 60 valence electrons. The van der Waals surface area contributed by atoms with Crippen molar-refractivity contribution in [1.29, 1.82) is 0 Å². The van der Waals surface area contributed by atoms with E-state index in [1.54, 1.807) is 18.6 Å². The van der Waals surface area contributed by atoms with Gasteiger partial charge < -0.3 is 5.84 Å². The zero-order valence-corrected chi connectivity index (χ0v) is 6.23. The molecule has 12 heavy (non-hydrogen) atoms. The molecule has 2 aromatic heterocycles. The summed E-state index contributed by atoms with van der Waals surface area (Å²) in [7, 11) is 0. The number of nitrogens with two attached hydrogens (primary N) is 1. The lowest BCUT2D eigenvalue weighted by Gasteiger charge is -1.94. The first-order chi connectivity index (χ1) is 5.92. The number of nitrogens with one attached hydrogen (secondary N) is 1. The van der Waals surface area contributed by atoms with Gasteiger partial charge in [0.25, 0.3) is 0 Å². The molecule has 0 fully saturated rings. The first-order valence-electron chi connectivity index (χ1n) is 3.43. The molecular weight excluding hydrogens is 154 g/mol. The standard InChI is InChI=1S/C7H7N5/c8-11-7-6-1-2-9-3-5(6)4-10-12-7/h1-4H,8H2,(H,11,12). The van der Waals surface area contributed by atoms with Crippen molar-refractivity contribution in [2.75, 3.05) is 0 Å². The highest BCUT2D eigenvalue weighted by atomic mass is 15.2. The van der Waals surface area contributed by atoms with Crippen molar-refractivity contribution < 1.29 is 0 Å². The topological polar surface area (TPSA) is 80.0 Å². The van der Waals surface area contributed by atoms with Crippen LogP contribution in [0.4, 0.5) is 0 Å². The van der Waals surface area contributed by atoms with E-state index in [0.717, 1.165) is 10.8 Å². The molecule has 0 amide bonds. The molecule has 0 atom stereocenters. The second-order valence-electron chi connectivity index (χ2n) is 2.31. The normalized spacial score (nSPS) is 12.2. The van der Waals surface area contributed by atoms with Crippen LogP contribution in [0.5, 0.6) is 0 Å². The average molecular weight is 161 g/mol. The minimum Gasteiger partial charge on any atom is -0.321 e. The molecule has 2 rings (SSSR count).